The number of fused-ring (bicyclic) bond motifs is 6. The van der Waals surface area contributed by atoms with Gasteiger partial charge in [0.25, 0.3) is 17.4 Å². The van der Waals surface area contributed by atoms with Crippen molar-refractivity contribution in [1.29, 1.82) is 0 Å². The second kappa shape index (κ2) is 45.8. The van der Waals surface area contributed by atoms with Gasteiger partial charge in [0.15, 0.2) is 0 Å². The van der Waals surface area contributed by atoms with Crippen LogP contribution in [0.4, 0.5) is 0 Å². The molecule has 3 fully saturated rings. The maximum atomic E-state index is 12.9. The summed E-state index contributed by atoms with van der Waals surface area (Å²) < 4.78 is 59.8. The zero-order valence-corrected chi connectivity index (χ0v) is 70.3. The molecule has 18 atom stereocenters. The Kier molecular flexibility index (Phi) is 38.6. The quantitative estimate of drug-likeness (QED) is 0.0120. The number of benzene rings is 4. The van der Waals surface area contributed by atoms with Crippen molar-refractivity contribution in [2.75, 3.05) is 79.0 Å². The fourth-order valence-electron chi connectivity index (χ4n) is 14.3. The Labute approximate surface area is 700 Å². The van der Waals surface area contributed by atoms with Gasteiger partial charge in [-0.25, -0.2) is 14.4 Å². The van der Waals surface area contributed by atoms with Crippen molar-refractivity contribution in [2.24, 2.45) is 5.73 Å². The molecule has 3 aliphatic heterocycles. The van der Waals surface area contributed by atoms with E-state index in [1.807, 2.05) is 97.1 Å². The number of hydrogen-bond acceptors (Lipinski definition) is 30. The second-order valence-corrected chi connectivity index (χ2v) is 28.9. The molecule has 2 aliphatic carbocycles. The summed E-state index contributed by atoms with van der Waals surface area (Å²) in [7, 11) is 3.35. The molecule has 0 spiro atoms. The summed E-state index contributed by atoms with van der Waals surface area (Å²) in [6.45, 7) is 11.2. The van der Waals surface area contributed by atoms with Crippen LogP contribution in [-0.4, -0.2) is 281 Å². The fraction of sp³-hybridized carbons (Fsp3) is 0.544. The normalized spacial score (nSPS) is 25.5. The summed E-state index contributed by atoms with van der Waals surface area (Å²) in [5, 5.41) is 104. The number of carbonyl (C=O) groups excluding carboxylic acids is 8. The minimum absolute atomic E-state index is 0. The zero-order chi connectivity index (χ0) is 82.9. The van der Waals surface area contributed by atoms with Gasteiger partial charge in [0.05, 0.1) is 89.8 Å². The maximum Gasteiger partial charge on any atom is 0.366 e. The molecule has 3 saturated heterocycles. The van der Waals surface area contributed by atoms with Gasteiger partial charge in [0.1, 0.15) is 62.5 Å². The minimum atomic E-state index is -2.13. The van der Waals surface area contributed by atoms with Gasteiger partial charge in [-0.3, -0.25) is 24.0 Å². The van der Waals surface area contributed by atoms with Gasteiger partial charge in [-0.05, 0) is 69.5 Å². The molecule has 114 heavy (non-hydrogen) atoms. The molecule has 33 nitrogen and oxygen atoms in total. The molecule has 4 aromatic carbocycles. The average molecular weight is 1830 g/mol. The van der Waals surface area contributed by atoms with Gasteiger partial charge < -0.3 is 125 Å². The number of esters is 5. The molecule has 5 aliphatic rings. The number of methoxy groups -OCH3 is 3. The average Bonchev–Trinajstić information content (AvgIpc) is 1.21. The van der Waals surface area contributed by atoms with Gasteiger partial charge in [0, 0.05) is 121 Å². The van der Waals surface area contributed by atoms with Gasteiger partial charge in [-0.1, -0.05) is 109 Å². The fourth-order valence-corrected chi connectivity index (χ4v) is 15.0. The molecule has 3 amide bonds. The Balaban J connectivity index is 0.000000277. The van der Waals surface area contributed by atoms with E-state index in [-0.39, 0.29) is 134 Å². The first-order valence-electron chi connectivity index (χ1n) is 37.1. The Hall–Kier alpha value is -6.77. The largest absolute Gasteiger partial charge is 0.465 e. The smallest absolute Gasteiger partial charge is 0.366 e. The number of hydrogen-bond donors (Lipinski definition) is 14. The molecule has 4 aromatic rings. The minimum Gasteiger partial charge on any atom is -0.465 e. The molecule has 0 aromatic heterocycles. The van der Waals surface area contributed by atoms with Crippen molar-refractivity contribution in [3.05, 3.63) is 145 Å². The molecular formula is C79H108AcN5O28S+. The number of thioether (sulfide) groups is 1. The third-order valence-electron chi connectivity index (χ3n) is 19.7. The standard InChI is InChI=1S/C33H44N2O10S.C31H37NO10.C15H26N2O8.Ac/c1-20(36)35-29-27(38)18-33(32(41)42-2,44-15-7-16-46-17-14-34)45-31(29)30(40)26(37)12-13-28(39)43-19-25-23-10-5-3-8-21(23)22-9-4-6-11-24(22)25;1-4-15-41-31(30(38)39-3)16-25(35)27(32-18(2)33)29(42-31)28(37)24(34)13-14-26(36)40-17-23-21-11-7-5-9-19(21)20-10-6-8-12-22(20)23;1-4-5-24-15(14(22)23-3)6-9(19)11(17-8(2)18)13(25-15)12(21)10(20)7-16;/h3-6,8-11,25-27,29-31,37-38,40H,7,12-19,34H2,1-2H3,(H,35,36);4-12,23-25,27-29,34-35,37H,1,13-17H2,2-3H3,(H,32,33);4,9-13,19-21H,1,5-7,16H2,2-3H3,(H,17,18);/p+1/t26-,27-,29-,30-,31?,33-;24-,25-,27-,28-,29?,31-;9-,10-,11-,12-,13?,15-;/m111./s1. The maximum absolute atomic E-state index is 12.9. The van der Waals surface area contributed by atoms with Crippen molar-refractivity contribution in [2.45, 2.75) is 193 Å². The third-order valence-corrected chi connectivity index (χ3v) is 20.8. The number of aliphatic hydroxyl groups is 9. The van der Waals surface area contributed by atoms with Crippen LogP contribution >= 0.6 is 11.8 Å². The molecule has 3 unspecified atom stereocenters. The first-order chi connectivity index (χ1) is 53.9. The molecule has 0 bridgehead atoms. The van der Waals surface area contributed by atoms with E-state index in [0.29, 0.717) is 18.7 Å². The van der Waals surface area contributed by atoms with Gasteiger partial charge in [0.2, 0.25) is 17.7 Å². The molecule has 35 heteroatoms. The summed E-state index contributed by atoms with van der Waals surface area (Å²) in [6.07, 6.45) is -16.7. The predicted molar refractivity (Wildman–Crippen MR) is 404 cm³/mol. The van der Waals surface area contributed by atoms with Crippen LogP contribution in [0.25, 0.3) is 22.3 Å². The van der Waals surface area contributed by atoms with E-state index in [1.54, 1.807) is 11.8 Å². The first-order valence-corrected chi connectivity index (χ1v) is 38.2. The first kappa shape index (κ1) is 96.1. The second-order valence-electron chi connectivity index (χ2n) is 27.6. The van der Waals surface area contributed by atoms with E-state index >= 15 is 0 Å². The number of nitrogens with two attached hydrogens (primary N) is 1. The third kappa shape index (κ3) is 24.5. The van der Waals surface area contributed by atoms with Crippen LogP contribution in [0.15, 0.2) is 122 Å². The summed E-state index contributed by atoms with van der Waals surface area (Å²) in [4.78, 5) is 98.5. The Morgan fingerprint density at radius 2 is 0.825 bits per heavy atom. The number of carbonyl (C=O) groups is 8. The van der Waals surface area contributed by atoms with Crippen molar-refractivity contribution in [3.8, 4) is 22.3 Å². The van der Waals surface area contributed by atoms with Crippen LogP contribution in [0.3, 0.4) is 0 Å². The molecular weight excluding hydrogens is 1730 g/mol. The Morgan fingerprint density at radius 1 is 0.518 bits per heavy atom. The van der Waals surface area contributed by atoms with Crippen LogP contribution < -0.4 is 27.4 Å². The summed E-state index contributed by atoms with van der Waals surface area (Å²) in [5.41, 5.74) is 17.6. The summed E-state index contributed by atoms with van der Waals surface area (Å²) in [6, 6.07) is 28.3. The van der Waals surface area contributed by atoms with Crippen molar-refractivity contribution in [1.82, 2.24) is 16.0 Å². The Morgan fingerprint density at radius 3 is 1.11 bits per heavy atom. The van der Waals surface area contributed by atoms with Gasteiger partial charge in [-0.2, -0.15) is 11.8 Å². The zero-order valence-electron chi connectivity index (χ0n) is 64.7. The predicted octanol–water partition coefficient (Wildman–Crippen LogP) is -0.287. The van der Waals surface area contributed by atoms with Gasteiger partial charge >= 0.3 is 29.8 Å². The molecule has 0 saturated carbocycles. The number of aliphatic hydroxyl groups excluding tert-OH is 9. The van der Waals surface area contributed by atoms with Crippen LogP contribution in [0.2, 0.25) is 0 Å². The van der Waals surface area contributed by atoms with Crippen molar-refractivity contribution in [3.63, 3.8) is 0 Å². The summed E-state index contributed by atoms with van der Waals surface area (Å²) in [5.74, 6) is -10.6. The van der Waals surface area contributed by atoms with E-state index in [0.717, 1.165) is 71.6 Å². The number of nitrogens with one attached hydrogen (secondary N) is 3. The number of amides is 3. The number of ether oxygens (including phenoxy) is 11. The van der Waals surface area contributed by atoms with Crippen LogP contribution in [0.1, 0.15) is 106 Å². The monoisotopic (exact) mass is 1830 g/mol. The van der Waals surface area contributed by atoms with Crippen molar-refractivity contribution < 1.29 is 186 Å². The molecule has 3 heterocycles. The topological polar surface area (TPSA) is 510 Å². The number of quaternary nitrogens is 1. The molecule has 1 radical (unpaired) electrons. The summed E-state index contributed by atoms with van der Waals surface area (Å²) >= 11 is 1.61. The molecule has 17 N–H and O–H groups in total. The SMILES string of the molecule is C=CCO[C@]1(C(=O)OC)C[C@@H](O)[C@@H](NC(C)=O)C([C@H](O)[C@H](O)CCC(=O)OCC2c3ccccc3-c3ccccc32)O1.C=CCO[C@]1(C(=O)OC)C[C@@H](O)[C@@H](NC(C)=O)C([C@H](O)[C@H](O)C[NH3+])O1.COC(=O)[C@@]1(OCCCSCCN)C[C@@H](O)[C@@H](NC(C)=O)C([C@H](O)[C@H](O)CCC(=O)OCC2c3ccccc3-c3ccccc32)O1.[Ac]. The van der Waals surface area contributed by atoms with E-state index in [1.165, 1.54) is 32.9 Å². The van der Waals surface area contributed by atoms with E-state index < -0.39 is 163 Å². The van der Waals surface area contributed by atoms with Crippen LogP contribution in [-0.2, 0) is 90.5 Å². The number of rotatable bonds is 36. The van der Waals surface area contributed by atoms with Crippen molar-refractivity contribution >= 4 is 59.3 Å². The van der Waals surface area contributed by atoms with E-state index in [9.17, 15) is 84.3 Å². The Bertz CT molecular complexity index is 3780. The van der Waals surface area contributed by atoms with Crippen LogP contribution in [0, 0.1) is 44.1 Å². The van der Waals surface area contributed by atoms with E-state index in [4.69, 9.17) is 57.8 Å². The van der Waals surface area contributed by atoms with Gasteiger partial charge in [-0.15, -0.1) is 13.2 Å². The van der Waals surface area contributed by atoms with E-state index in [2.05, 4.69) is 34.8 Å². The molecule has 9 rings (SSSR count). The van der Waals surface area contributed by atoms with Crippen LogP contribution in [0.5, 0.6) is 0 Å². The molecule has 625 valence electrons.